The maximum absolute atomic E-state index is 10.7. The minimum absolute atomic E-state index is 0.260. The van der Waals surface area contributed by atoms with Crippen molar-refractivity contribution in [1.29, 1.82) is 0 Å². The van der Waals surface area contributed by atoms with Crippen LogP contribution in [0.5, 0.6) is 0 Å². The Labute approximate surface area is 114 Å². The second-order valence-corrected chi connectivity index (χ2v) is 4.50. The highest BCUT2D eigenvalue weighted by Crippen LogP contribution is 1.96. The van der Waals surface area contributed by atoms with Crippen LogP contribution in [0, 0.1) is 0 Å². The first-order valence-electron chi connectivity index (χ1n) is 5.45. The zero-order valence-electron chi connectivity index (χ0n) is 10.0. The summed E-state index contributed by atoms with van der Waals surface area (Å²) < 4.78 is 0.260. The number of aromatic carboxylic acids is 1. The molecule has 18 heavy (non-hydrogen) atoms. The molecule has 0 saturated carbocycles. The average Bonchev–Trinajstić information content (AvgIpc) is 2.41. The molecule has 2 rings (SSSR count). The first kappa shape index (κ1) is 14.2. The summed E-state index contributed by atoms with van der Waals surface area (Å²) in [7, 11) is 0. The van der Waals surface area contributed by atoms with Crippen LogP contribution in [0.2, 0.25) is 0 Å². The molecule has 0 bridgehead atoms. The van der Waals surface area contributed by atoms with E-state index >= 15 is 0 Å². The molecule has 0 aromatic heterocycles. The molecule has 2 aromatic carbocycles. The summed E-state index contributed by atoms with van der Waals surface area (Å²) in [6, 6.07) is 17.7. The number of carbonyl (C=O) groups excluding carboxylic acids is 1. The van der Waals surface area contributed by atoms with Gasteiger partial charge in [-0.15, -0.1) is 0 Å². The van der Waals surface area contributed by atoms with Crippen molar-refractivity contribution in [2.45, 2.75) is 0 Å². The Balaban J connectivity index is 0.000000180. The molecule has 3 nitrogen and oxygen atoms in total. The average molecular weight is 256 g/mol. The summed E-state index contributed by atoms with van der Waals surface area (Å²) >= 11 is 0.618. The van der Waals surface area contributed by atoms with E-state index in [1.54, 1.807) is 30.3 Å². The van der Waals surface area contributed by atoms with Gasteiger partial charge in [0.05, 0.1) is 10.2 Å². The molecule has 0 aliphatic heterocycles. The van der Waals surface area contributed by atoms with E-state index in [4.69, 9.17) is 5.11 Å². The maximum Gasteiger partial charge on any atom is 0.335 e. The van der Waals surface area contributed by atoms with E-state index in [9.17, 15) is 9.59 Å². The van der Waals surface area contributed by atoms with E-state index in [1.807, 2.05) is 30.3 Å². The minimum Gasteiger partial charge on any atom is -0.478 e. The van der Waals surface area contributed by atoms with Crippen LogP contribution < -0.4 is 0 Å². The topological polar surface area (TPSA) is 54.4 Å². The maximum atomic E-state index is 10.7. The van der Waals surface area contributed by atoms with Crippen LogP contribution in [-0.4, -0.2) is 32.0 Å². The van der Waals surface area contributed by atoms with Gasteiger partial charge in [-0.2, -0.15) is 0 Å². The highest BCUT2D eigenvalue weighted by Gasteiger charge is 1.96. The van der Waals surface area contributed by atoms with Gasteiger partial charge in [-0.25, -0.2) is 4.79 Å². The zero-order chi connectivity index (χ0) is 13.4. The normalized spacial score (nSPS) is 8.89. The molecule has 0 aliphatic carbocycles. The van der Waals surface area contributed by atoms with Crippen molar-refractivity contribution in [2.24, 2.45) is 0 Å². The first-order chi connectivity index (χ1) is 8.61. The second-order valence-electron chi connectivity index (χ2n) is 3.59. The van der Waals surface area contributed by atoms with Crippen molar-refractivity contribution in [3.05, 3.63) is 71.8 Å². The van der Waals surface area contributed by atoms with Gasteiger partial charge in [-0.05, 0) is 17.7 Å². The molecule has 0 heterocycles. The van der Waals surface area contributed by atoms with Crippen molar-refractivity contribution in [3.63, 3.8) is 0 Å². The highest BCUT2D eigenvalue weighted by atomic mass is 27.0. The fourth-order valence-electron chi connectivity index (χ4n) is 1.25. The fraction of sp³-hybridized carbons (Fsp3) is 0. The largest absolute Gasteiger partial charge is 0.478 e. The molecular weight excluding hydrogens is 243 g/mol. The van der Waals surface area contributed by atoms with E-state index in [0.717, 1.165) is 5.56 Å². The number of rotatable bonds is 2. The number of carbonyl (C=O) groups is 2. The van der Waals surface area contributed by atoms with Crippen LogP contribution in [0.1, 0.15) is 20.7 Å². The molecule has 0 radical (unpaired) electrons. The molecule has 4 heteroatoms. The molecule has 90 valence electrons. The Morgan fingerprint density at radius 1 is 0.778 bits per heavy atom. The lowest BCUT2D eigenvalue weighted by Crippen LogP contribution is -1.94. The number of carboxylic acid groups (broad SMARTS) is 1. The van der Waals surface area contributed by atoms with Gasteiger partial charge in [0.1, 0.15) is 0 Å². The van der Waals surface area contributed by atoms with E-state index in [2.05, 4.69) is 0 Å². The Morgan fingerprint density at radius 2 is 1.17 bits per heavy atom. The molecule has 0 atom stereocenters. The summed E-state index contributed by atoms with van der Waals surface area (Å²) in [6.07, 6.45) is 0. The Bertz CT molecular complexity index is 460. The lowest BCUT2D eigenvalue weighted by Gasteiger charge is -1.90. The molecular formula is C14H13AlO3. The third-order valence-electron chi connectivity index (χ3n) is 2.20. The first-order valence-corrected chi connectivity index (χ1v) is 6.45. The third-order valence-corrected chi connectivity index (χ3v) is 2.78. The minimum atomic E-state index is -0.879. The van der Waals surface area contributed by atoms with E-state index in [0.29, 0.717) is 21.9 Å². The molecule has 0 spiro atoms. The zero-order valence-corrected chi connectivity index (χ0v) is 12.0. The van der Waals surface area contributed by atoms with Crippen molar-refractivity contribution >= 4 is 26.9 Å². The number of carboxylic acids is 1. The quantitative estimate of drug-likeness (QED) is 0.834. The lowest BCUT2D eigenvalue weighted by molar-refractivity contribution is 0.0696. The van der Waals surface area contributed by atoms with Crippen molar-refractivity contribution in [2.75, 3.05) is 0 Å². The molecule has 0 aliphatic rings. The van der Waals surface area contributed by atoms with Crippen molar-refractivity contribution < 1.29 is 14.7 Å². The van der Waals surface area contributed by atoms with Gasteiger partial charge >= 0.3 is 22.3 Å². The van der Waals surface area contributed by atoms with Gasteiger partial charge in [0.25, 0.3) is 0 Å². The predicted molar refractivity (Wildman–Crippen MR) is 72.7 cm³/mol. The molecule has 1 N–H and O–H groups in total. The molecule has 0 amide bonds. The van der Waals surface area contributed by atoms with Crippen LogP contribution in [0.15, 0.2) is 60.7 Å². The molecule has 2 aromatic rings. The van der Waals surface area contributed by atoms with Crippen molar-refractivity contribution in [1.82, 2.24) is 0 Å². The summed E-state index contributed by atoms with van der Waals surface area (Å²) in [5.41, 5.74) is 1.17. The summed E-state index contributed by atoms with van der Waals surface area (Å²) in [4.78, 5) is 20.9. The number of hydrogen-bond donors (Lipinski definition) is 1. The Kier molecular flexibility index (Phi) is 5.86. The SMILES string of the molecule is O=C(O)c1ccccc1.O=[C]([AlH2])c1ccccc1. The fourth-order valence-corrected chi connectivity index (χ4v) is 1.59. The monoisotopic (exact) mass is 256 g/mol. The second kappa shape index (κ2) is 7.44. The van der Waals surface area contributed by atoms with Crippen molar-refractivity contribution in [3.8, 4) is 0 Å². The van der Waals surface area contributed by atoms with Crippen LogP contribution in [-0.2, 0) is 0 Å². The molecule has 0 unspecified atom stereocenters. The smallest absolute Gasteiger partial charge is 0.335 e. The number of benzene rings is 2. The van der Waals surface area contributed by atoms with Gasteiger partial charge in [-0.1, -0.05) is 48.5 Å². The number of hydrogen-bond acceptors (Lipinski definition) is 2. The van der Waals surface area contributed by atoms with Crippen LogP contribution >= 0.6 is 0 Å². The van der Waals surface area contributed by atoms with Gasteiger partial charge in [-0.3, -0.25) is 0 Å². The standard InChI is InChI=1S/C7H6O2.C7H5O.Al.2H/c8-7(9)6-4-2-1-3-5-6;8-6-7-4-2-1-3-5-7;;;/h1-5H,(H,8,9);1-5H;;;. The van der Waals surface area contributed by atoms with Gasteiger partial charge in [0.15, 0.2) is 0 Å². The molecule has 0 fully saturated rings. The van der Waals surface area contributed by atoms with Gasteiger partial charge in [0, 0.05) is 0 Å². The Morgan fingerprint density at radius 3 is 1.39 bits per heavy atom. The summed E-state index contributed by atoms with van der Waals surface area (Å²) in [5, 5.41) is 8.38. The predicted octanol–water partition coefficient (Wildman–Crippen LogP) is 1.84. The van der Waals surface area contributed by atoms with Crippen LogP contribution in [0.3, 0.4) is 0 Å². The summed E-state index contributed by atoms with van der Waals surface area (Å²) in [5.74, 6) is -0.879. The van der Waals surface area contributed by atoms with Gasteiger partial charge < -0.3 is 9.90 Å². The third kappa shape index (κ3) is 4.96. The highest BCUT2D eigenvalue weighted by molar-refractivity contribution is 6.62. The van der Waals surface area contributed by atoms with E-state index < -0.39 is 5.97 Å². The van der Waals surface area contributed by atoms with E-state index in [1.165, 1.54) is 0 Å². The van der Waals surface area contributed by atoms with Gasteiger partial charge in [0.2, 0.25) is 0 Å². The Hall–Kier alpha value is -1.89. The van der Waals surface area contributed by atoms with Crippen LogP contribution in [0.25, 0.3) is 0 Å². The lowest BCUT2D eigenvalue weighted by atomic mass is 10.2. The van der Waals surface area contributed by atoms with Crippen LogP contribution in [0.4, 0.5) is 0 Å². The molecule has 0 saturated heterocycles. The van der Waals surface area contributed by atoms with E-state index in [-0.39, 0.29) is 4.65 Å². The summed E-state index contributed by atoms with van der Waals surface area (Å²) in [6.45, 7) is 0.